The summed E-state index contributed by atoms with van der Waals surface area (Å²) in [6.45, 7) is 4.72. The van der Waals surface area contributed by atoms with Crippen LogP contribution in [0.2, 0.25) is 5.02 Å². The van der Waals surface area contributed by atoms with Crippen LogP contribution in [0, 0.1) is 6.92 Å². The molecule has 1 atom stereocenters. The van der Waals surface area contributed by atoms with Crippen LogP contribution in [0.25, 0.3) is 0 Å². The Morgan fingerprint density at radius 2 is 1.93 bits per heavy atom. The number of nitrogens with one attached hydrogen (secondary N) is 2. The number of hydrogen-bond acceptors (Lipinski definition) is 4. The molecule has 0 aliphatic heterocycles. The summed E-state index contributed by atoms with van der Waals surface area (Å²) in [6.07, 6.45) is 0.276. The van der Waals surface area contributed by atoms with Crippen LogP contribution in [-0.4, -0.2) is 10.9 Å². The first-order valence-electron chi connectivity index (χ1n) is 8.79. The molecule has 2 N–H and O–H groups in total. The van der Waals surface area contributed by atoms with E-state index in [0.717, 1.165) is 32.5 Å². The maximum Gasteiger partial charge on any atom is 0.231 e. The van der Waals surface area contributed by atoms with Crippen molar-refractivity contribution in [1.82, 2.24) is 10.3 Å². The Morgan fingerprint density at radius 3 is 2.67 bits per heavy atom. The molecule has 0 spiro atoms. The standard InChI is InChI=1S/C21H22ClN3OS/c1-14-7-9-16(10-8-14)24-20(26)11-21-25-17(13-27-21)12-23-15(2)18-5-3-4-6-19(18)22/h3-10,13,15,23H,11-12H2,1-2H3,(H,24,26)/t15-/m1/s1. The van der Waals surface area contributed by atoms with Gasteiger partial charge in [0.1, 0.15) is 5.01 Å². The molecule has 2 aromatic carbocycles. The van der Waals surface area contributed by atoms with Crippen molar-refractivity contribution in [2.75, 3.05) is 5.32 Å². The number of halogens is 1. The second-order valence-corrected chi connectivity index (χ2v) is 7.80. The van der Waals surface area contributed by atoms with E-state index in [0.29, 0.717) is 6.54 Å². The van der Waals surface area contributed by atoms with Crippen molar-refractivity contribution in [1.29, 1.82) is 0 Å². The van der Waals surface area contributed by atoms with Crippen LogP contribution in [0.1, 0.15) is 34.8 Å². The zero-order chi connectivity index (χ0) is 19.2. The molecule has 3 rings (SSSR count). The molecule has 0 unspecified atom stereocenters. The first-order valence-corrected chi connectivity index (χ1v) is 10.0. The average Bonchev–Trinajstić information content (AvgIpc) is 3.09. The predicted molar refractivity (Wildman–Crippen MR) is 112 cm³/mol. The number of aromatic nitrogens is 1. The summed E-state index contributed by atoms with van der Waals surface area (Å²) in [5.74, 6) is -0.0582. The van der Waals surface area contributed by atoms with Crippen molar-refractivity contribution in [3.8, 4) is 0 Å². The highest BCUT2D eigenvalue weighted by Gasteiger charge is 2.11. The summed E-state index contributed by atoms with van der Waals surface area (Å²) < 4.78 is 0. The van der Waals surface area contributed by atoms with Crippen LogP contribution in [0.15, 0.2) is 53.9 Å². The summed E-state index contributed by atoms with van der Waals surface area (Å²) in [7, 11) is 0. The molecule has 1 amide bonds. The van der Waals surface area contributed by atoms with Crippen molar-refractivity contribution in [2.24, 2.45) is 0 Å². The molecule has 0 radical (unpaired) electrons. The quantitative estimate of drug-likeness (QED) is 0.578. The summed E-state index contributed by atoms with van der Waals surface area (Å²) in [6, 6.07) is 15.7. The molecular formula is C21H22ClN3OS. The molecule has 0 saturated carbocycles. The van der Waals surface area contributed by atoms with Gasteiger partial charge in [0.25, 0.3) is 0 Å². The topological polar surface area (TPSA) is 54.0 Å². The molecule has 3 aromatic rings. The molecule has 0 bridgehead atoms. The van der Waals surface area contributed by atoms with E-state index in [-0.39, 0.29) is 18.4 Å². The van der Waals surface area contributed by atoms with E-state index >= 15 is 0 Å². The van der Waals surface area contributed by atoms with Gasteiger partial charge in [-0.2, -0.15) is 0 Å². The molecule has 4 nitrogen and oxygen atoms in total. The molecule has 0 fully saturated rings. The van der Waals surface area contributed by atoms with E-state index in [4.69, 9.17) is 11.6 Å². The third-order valence-corrected chi connectivity index (χ3v) is 5.45. The Balaban J connectivity index is 1.51. The molecular weight excluding hydrogens is 378 g/mol. The maximum absolute atomic E-state index is 12.2. The van der Waals surface area contributed by atoms with E-state index < -0.39 is 0 Å². The number of anilines is 1. The number of hydrogen-bond donors (Lipinski definition) is 2. The van der Waals surface area contributed by atoms with Crippen LogP contribution in [0.3, 0.4) is 0 Å². The van der Waals surface area contributed by atoms with Gasteiger partial charge in [0.2, 0.25) is 5.91 Å². The summed E-state index contributed by atoms with van der Waals surface area (Å²) in [4.78, 5) is 16.7. The minimum Gasteiger partial charge on any atom is -0.326 e. The summed E-state index contributed by atoms with van der Waals surface area (Å²) in [5.41, 5.74) is 3.96. The van der Waals surface area contributed by atoms with Crippen molar-refractivity contribution in [3.05, 3.63) is 80.8 Å². The van der Waals surface area contributed by atoms with Crippen LogP contribution in [-0.2, 0) is 17.8 Å². The van der Waals surface area contributed by atoms with Crippen molar-refractivity contribution in [3.63, 3.8) is 0 Å². The fourth-order valence-corrected chi connectivity index (χ4v) is 3.78. The van der Waals surface area contributed by atoms with E-state index in [2.05, 4.69) is 22.5 Å². The number of carbonyl (C=O) groups excluding carboxylic acids is 1. The Bertz CT molecular complexity index is 908. The van der Waals surface area contributed by atoms with E-state index in [1.165, 1.54) is 11.3 Å². The number of aryl methyl sites for hydroxylation is 1. The fraction of sp³-hybridized carbons (Fsp3) is 0.238. The molecule has 0 aliphatic carbocycles. The van der Waals surface area contributed by atoms with Crippen LogP contribution in [0.4, 0.5) is 5.69 Å². The number of rotatable bonds is 7. The smallest absolute Gasteiger partial charge is 0.231 e. The highest BCUT2D eigenvalue weighted by Crippen LogP contribution is 2.22. The van der Waals surface area contributed by atoms with Crippen molar-refractivity contribution in [2.45, 2.75) is 32.9 Å². The first kappa shape index (κ1) is 19.5. The summed E-state index contributed by atoms with van der Waals surface area (Å²) in [5, 5.41) is 9.88. The lowest BCUT2D eigenvalue weighted by Crippen LogP contribution is -2.19. The highest BCUT2D eigenvalue weighted by molar-refractivity contribution is 7.09. The molecule has 140 valence electrons. The second kappa shape index (κ2) is 9.13. The lowest BCUT2D eigenvalue weighted by Gasteiger charge is -2.14. The fourth-order valence-electron chi connectivity index (χ4n) is 2.68. The van der Waals surface area contributed by atoms with Crippen molar-refractivity contribution < 1.29 is 4.79 Å². The number of nitrogens with zero attached hydrogens (tertiary/aromatic N) is 1. The average molecular weight is 400 g/mol. The van der Waals surface area contributed by atoms with Gasteiger partial charge in [-0.15, -0.1) is 11.3 Å². The monoisotopic (exact) mass is 399 g/mol. The lowest BCUT2D eigenvalue weighted by molar-refractivity contribution is -0.115. The van der Waals surface area contributed by atoms with Gasteiger partial charge in [-0.25, -0.2) is 4.98 Å². The van der Waals surface area contributed by atoms with Crippen LogP contribution < -0.4 is 10.6 Å². The predicted octanol–water partition coefficient (Wildman–Crippen LogP) is 5.14. The van der Waals surface area contributed by atoms with E-state index in [1.54, 1.807) is 0 Å². The molecule has 0 aliphatic rings. The molecule has 0 saturated heterocycles. The molecule has 6 heteroatoms. The van der Waals surface area contributed by atoms with E-state index in [1.807, 2.05) is 60.8 Å². The molecule has 27 heavy (non-hydrogen) atoms. The van der Waals surface area contributed by atoms with Crippen LogP contribution in [0.5, 0.6) is 0 Å². The van der Waals surface area contributed by atoms with Gasteiger partial charge >= 0.3 is 0 Å². The number of thiazole rings is 1. The number of benzene rings is 2. The van der Waals surface area contributed by atoms with Gasteiger partial charge in [0.05, 0.1) is 12.1 Å². The third kappa shape index (κ3) is 5.63. The molecule has 1 aromatic heterocycles. The van der Waals surface area contributed by atoms with Crippen LogP contribution >= 0.6 is 22.9 Å². The largest absolute Gasteiger partial charge is 0.326 e. The maximum atomic E-state index is 12.2. The highest BCUT2D eigenvalue weighted by atomic mass is 35.5. The number of carbonyl (C=O) groups is 1. The first-order chi connectivity index (χ1) is 13.0. The van der Waals surface area contributed by atoms with Gasteiger partial charge < -0.3 is 10.6 Å². The zero-order valence-electron chi connectivity index (χ0n) is 15.3. The minimum atomic E-state index is -0.0582. The number of amides is 1. The van der Waals surface area contributed by atoms with E-state index in [9.17, 15) is 4.79 Å². The summed E-state index contributed by atoms with van der Waals surface area (Å²) >= 11 is 7.74. The van der Waals surface area contributed by atoms with Crippen molar-refractivity contribution >= 4 is 34.5 Å². The SMILES string of the molecule is Cc1ccc(NC(=O)Cc2nc(CN[C@H](C)c3ccccc3Cl)cs2)cc1. The Kier molecular flexibility index (Phi) is 6.61. The van der Waals surface area contributed by atoms with Gasteiger partial charge in [0.15, 0.2) is 0 Å². The Labute approximate surface area is 168 Å². The normalized spacial score (nSPS) is 12.0. The Hall–Kier alpha value is -2.21. The van der Waals surface area contributed by atoms with Gasteiger partial charge in [-0.3, -0.25) is 4.79 Å². The second-order valence-electron chi connectivity index (χ2n) is 6.45. The Morgan fingerprint density at radius 1 is 1.19 bits per heavy atom. The molecule has 1 heterocycles. The third-order valence-electron chi connectivity index (χ3n) is 4.21. The van der Waals surface area contributed by atoms with Gasteiger partial charge in [-0.05, 0) is 37.6 Å². The van der Waals surface area contributed by atoms with Gasteiger partial charge in [0, 0.05) is 28.7 Å². The van der Waals surface area contributed by atoms with Gasteiger partial charge in [-0.1, -0.05) is 47.5 Å². The lowest BCUT2D eigenvalue weighted by atomic mass is 10.1. The zero-order valence-corrected chi connectivity index (χ0v) is 16.9. The minimum absolute atomic E-state index is 0.0582.